The summed E-state index contributed by atoms with van der Waals surface area (Å²) in [4.78, 5) is 0. The van der Waals surface area contributed by atoms with Crippen LogP contribution in [0.15, 0.2) is 18.2 Å². The molecule has 0 aliphatic rings. The number of hydrogen-bond acceptors (Lipinski definition) is 2. The summed E-state index contributed by atoms with van der Waals surface area (Å²) >= 11 is 0. The van der Waals surface area contributed by atoms with E-state index in [0.29, 0.717) is 11.3 Å². The summed E-state index contributed by atoms with van der Waals surface area (Å²) in [6.07, 6.45) is 0. The van der Waals surface area contributed by atoms with Crippen LogP contribution in [-0.2, 0) is 6.54 Å². The normalized spacial score (nSPS) is 10.1. The SMILES string of the molecule is NCc1ccc(OCCF)cc1F. The van der Waals surface area contributed by atoms with E-state index in [1.807, 2.05) is 0 Å². The van der Waals surface area contributed by atoms with Crippen molar-refractivity contribution in [3.8, 4) is 5.75 Å². The lowest BCUT2D eigenvalue weighted by Crippen LogP contribution is -2.02. The van der Waals surface area contributed by atoms with E-state index in [0.717, 1.165) is 0 Å². The van der Waals surface area contributed by atoms with Crippen LogP contribution in [-0.4, -0.2) is 13.3 Å². The second-order valence-electron chi connectivity index (χ2n) is 2.49. The summed E-state index contributed by atoms with van der Waals surface area (Å²) in [5.74, 6) is -0.0915. The summed E-state index contributed by atoms with van der Waals surface area (Å²) in [6, 6.07) is 4.31. The first kappa shape index (κ1) is 9.92. The molecule has 0 saturated carbocycles. The third-order valence-electron chi connectivity index (χ3n) is 1.59. The predicted octanol–water partition coefficient (Wildman–Crippen LogP) is 1.63. The fourth-order valence-corrected chi connectivity index (χ4v) is 0.940. The maximum atomic E-state index is 13.0. The van der Waals surface area contributed by atoms with Crippen molar-refractivity contribution in [1.82, 2.24) is 0 Å². The molecule has 1 rings (SSSR count). The summed E-state index contributed by atoms with van der Waals surface area (Å²) in [5, 5.41) is 0. The van der Waals surface area contributed by atoms with Crippen LogP contribution in [0.4, 0.5) is 8.78 Å². The Kier molecular flexibility index (Phi) is 3.64. The van der Waals surface area contributed by atoms with Crippen molar-refractivity contribution < 1.29 is 13.5 Å². The van der Waals surface area contributed by atoms with Crippen molar-refractivity contribution in [2.75, 3.05) is 13.3 Å². The second-order valence-corrected chi connectivity index (χ2v) is 2.49. The molecule has 72 valence electrons. The van der Waals surface area contributed by atoms with Gasteiger partial charge in [-0.15, -0.1) is 0 Å². The van der Waals surface area contributed by atoms with Crippen molar-refractivity contribution in [1.29, 1.82) is 0 Å². The van der Waals surface area contributed by atoms with Gasteiger partial charge in [-0.05, 0) is 6.07 Å². The lowest BCUT2D eigenvalue weighted by molar-refractivity contribution is 0.272. The van der Waals surface area contributed by atoms with Crippen molar-refractivity contribution in [2.45, 2.75) is 6.54 Å². The highest BCUT2D eigenvalue weighted by molar-refractivity contribution is 5.28. The quantitative estimate of drug-likeness (QED) is 0.777. The molecular weight excluding hydrogens is 176 g/mol. The molecule has 2 N–H and O–H groups in total. The molecule has 13 heavy (non-hydrogen) atoms. The van der Waals surface area contributed by atoms with Crippen LogP contribution < -0.4 is 10.5 Å². The molecule has 0 aliphatic heterocycles. The minimum Gasteiger partial charge on any atom is -0.491 e. The second kappa shape index (κ2) is 4.77. The first-order chi connectivity index (χ1) is 6.27. The van der Waals surface area contributed by atoms with Crippen LogP contribution in [0.3, 0.4) is 0 Å². The largest absolute Gasteiger partial charge is 0.491 e. The lowest BCUT2D eigenvalue weighted by atomic mass is 10.2. The fraction of sp³-hybridized carbons (Fsp3) is 0.333. The van der Waals surface area contributed by atoms with Crippen LogP contribution in [0.5, 0.6) is 5.75 Å². The molecule has 0 bridgehead atoms. The van der Waals surface area contributed by atoms with E-state index in [1.54, 1.807) is 6.07 Å². The Morgan fingerprint density at radius 2 is 2.15 bits per heavy atom. The third-order valence-corrected chi connectivity index (χ3v) is 1.59. The van der Waals surface area contributed by atoms with Crippen LogP contribution in [0.25, 0.3) is 0 Å². The smallest absolute Gasteiger partial charge is 0.131 e. The van der Waals surface area contributed by atoms with E-state index >= 15 is 0 Å². The molecule has 1 aromatic rings. The highest BCUT2D eigenvalue weighted by Crippen LogP contribution is 2.15. The monoisotopic (exact) mass is 187 g/mol. The molecule has 0 unspecified atom stereocenters. The van der Waals surface area contributed by atoms with Crippen LogP contribution >= 0.6 is 0 Å². The Hall–Kier alpha value is -1.16. The van der Waals surface area contributed by atoms with E-state index in [-0.39, 0.29) is 13.2 Å². The summed E-state index contributed by atoms with van der Waals surface area (Å²) in [5.41, 5.74) is 5.68. The van der Waals surface area contributed by atoms with Gasteiger partial charge in [0.15, 0.2) is 0 Å². The molecule has 0 spiro atoms. The summed E-state index contributed by atoms with van der Waals surface area (Å²) in [6.45, 7) is -0.489. The summed E-state index contributed by atoms with van der Waals surface area (Å²) in [7, 11) is 0. The number of benzene rings is 1. The Morgan fingerprint density at radius 1 is 1.38 bits per heavy atom. The zero-order valence-corrected chi connectivity index (χ0v) is 7.09. The highest BCUT2D eigenvalue weighted by atomic mass is 19.1. The Balaban J connectivity index is 2.71. The average molecular weight is 187 g/mol. The standard InChI is InChI=1S/C9H11F2NO/c10-3-4-13-8-2-1-7(6-12)9(11)5-8/h1-2,5H,3-4,6,12H2. The molecule has 0 amide bonds. The Morgan fingerprint density at radius 3 is 2.69 bits per heavy atom. The van der Waals surface area contributed by atoms with Gasteiger partial charge in [-0.25, -0.2) is 8.78 Å². The predicted molar refractivity (Wildman–Crippen MR) is 45.8 cm³/mol. The molecule has 0 atom stereocenters. The van der Waals surface area contributed by atoms with Gasteiger partial charge >= 0.3 is 0 Å². The zero-order chi connectivity index (χ0) is 9.68. The molecule has 2 nitrogen and oxygen atoms in total. The minimum atomic E-state index is -0.583. The first-order valence-corrected chi connectivity index (χ1v) is 3.95. The average Bonchev–Trinajstić information content (AvgIpc) is 2.15. The van der Waals surface area contributed by atoms with Gasteiger partial charge in [0.1, 0.15) is 24.8 Å². The van der Waals surface area contributed by atoms with Crippen molar-refractivity contribution in [3.05, 3.63) is 29.6 Å². The van der Waals surface area contributed by atoms with Gasteiger partial charge in [0.2, 0.25) is 0 Å². The third kappa shape index (κ3) is 2.66. The van der Waals surface area contributed by atoms with Gasteiger partial charge in [-0.2, -0.15) is 0 Å². The van der Waals surface area contributed by atoms with E-state index in [4.69, 9.17) is 10.5 Å². The molecule has 1 aromatic carbocycles. The van der Waals surface area contributed by atoms with Crippen LogP contribution in [0, 0.1) is 5.82 Å². The molecule has 4 heteroatoms. The molecule has 0 radical (unpaired) electrons. The molecule has 0 aromatic heterocycles. The number of nitrogens with two attached hydrogens (primary N) is 1. The van der Waals surface area contributed by atoms with Gasteiger partial charge in [0.05, 0.1) is 0 Å². The van der Waals surface area contributed by atoms with Gasteiger partial charge in [-0.1, -0.05) is 6.07 Å². The molecule has 0 fully saturated rings. The number of halogens is 2. The Bertz CT molecular complexity index is 278. The fourth-order valence-electron chi connectivity index (χ4n) is 0.940. The maximum absolute atomic E-state index is 13.0. The number of alkyl halides is 1. The molecular formula is C9H11F2NO. The van der Waals surface area contributed by atoms with E-state index < -0.39 is 12.5 Å². The Labute approximate surface area is 75.3 Å². The van der Waals surface area contributed by atoms with Crippen molar-refractivity contribution in [3.63, 3.8) is 0 Å². The van der Waals surface area contributed by atoms with Crippen LogP contribution in [0.2, 0.25) is 0 Å². The molecule has 0 saturated heterocycles. The van der Waals surface area contributed by atoms with Gasteiger partial charge in [0.25, 0.3) is 0 Å². The van der Waals surface area contributed by atoms with Crippen molar-refractivity contribution in [2.24, 2.45) is 5.73 Å². The first-order valence-electron chi connectivity index (χ1n) is 3.95. The molecule has 0 aliphatic carbocycles. The number of rotatable bonds is 4. The topological polar surface area (TPSA) is 35.2 Å². The lowest BCUT2D eigenvalue weighted by Gasteiger charge is -2.05. The highest BCUT2D eigenvalue weighted by Gasteiger charge is 2.01. The minimum absolute atomic E-state index is 0.0542. The van der Waals surface area contributed by atoms with Gasteiger partial charge in [0, 0.05) is 18.2 Å². The molecule has 0 heterocycles. The van der Waals surface area contributed by atoms with E-state index in [9.17, 15) is 8.78 Å². The van der Waals surface area contributed by atoms with Gasteiger partial charge in [-0.3, -0.25) is 0 Å². The van der Waals surface area contributed by atoms with E-state index in [2.05, 4.69) is 0 Å². The zero-order valence-electron chi connectivity index (χ0n) is 7.09. The number of hydrogen-bond donors (Lipinski definition) is 1. The van der Waals surface area contributed by atoms with Crippen molar-refractivity contribution >= 4 is 0 Å². The van der Waals surface area contributed by atoms with E-state index in [1.165, 1.54) is 12.1 Å². The maximum Gasteiger partial charge on any atom is 0.131 e. The summed E-state index contributed by atoms with van der Waals surface area (Å²) < 4.78 is 29.6. The van der Waals surface area contributed by atoms with Crippen LogP contribution in [0.1, 0.15) is 5.56 Å². The van der Waals surface area contributed by atoms with Gasteiger partial charge < -0.3 is 10.5 Å². The number of ether oxygens (including phenoxy) is 1.